The number of nitrogens with one attached hydrogen (secondary N) is 2. The van der Waals surface area contributed by atoms with Crippen LogP contribution in [0.3, 0.4) is 0 Å². The molecule has 108 valence electrons. The van der Waals surface area contributed by atoms with E-state index in [1.165, 1.54) is 0 Å². The van der Waals surface area contributed by atoms with Crippen molar-refractivity contribution in [2.75, 3.05) is 30.9 Å². The fraction of sp³-hybridized carbons (Fsp3) is 0.400. The molecule has 0 spiro atoms. The summed E-state index contributed by atoms with van der Waals surface area (Å²) in [6, 6.07) is 7.41. The maximum atomic E-state index is 11.9. The number of urea groups is 1. The van der Waals surface area contributed by atoms with Gasteiger partial charge in [-0.25, -0.2) is 4.79 Å². The summed E-state index contributed by atoms with van der Waals surface area (Å²) in [5.41, 5.74) is 1.84. The number of amides is 2. The molecule has 3 N–H and O–H groups in total. The number of hydrogen-bond donors (Lipinski definition) is 3. The van der Waals surface area contributed by atoms with Crippen LogP contribution in [0.15, 0.2) is 36.4 Å². The lowest BCUT2D eigenvalue weighted by atomic mass is 10.1. The molecule has 0 radical (unpaired) electrons. The molecule has 0 fully saturated rings. The highest BCUT2D eigenvalue weighted by Crippen LogP contribution is 2.18. The predicted molar refractivity (Wildman–Crippen MR) is 81.0 cm³/mol. The normalized spacial score (nSPS) is 20.8. The van der Waals surface area contributed by atoms with Crippen molar-refractivity contribution in [3.8, 4) is 0 Å². The first-order valence-corrected chi connectivity index (χ1v) is 6.72. The first kappa shape index (κ1) is 14.4. The molecule has 20 heavy (non-hydrogen) atoms. The van der Waals surface area contributed by atoms with Crippen LogP contribution in [-0.4, -0.2) is 37.9 Å². The number of hydrogen-bond acceptors (Lipinski definition) is 3. The minimum atomic E-state index is -0.226. The Kier molecular flexibility index (Phi) is 4.63. The van der Waals surface area contributed by atoms with Crippen molar-refractivity contribution in [3.05, 3.63) is 36.4 Å². The fourth-order valence-corrected chi connectivity index (χ4v) is 2.20. The zero-order chi connectivity index (χ0) is 14.5. The fourth-order valence-electron chi connectivity index (χ4n) is 2.20. The largest absolute Gasteiger partial charge is 0.396 e. The maximum Gasteiger partial charge on any atom is 0.319 e. The molecular formula is C15H21N3O2. The van der Waals surface area contributed by atoms with Crippen molar-refractivity contribution < 1.29 is 9.90 Å². The van der Waals surface area contributed by atoms with Gasteiger partial charge in [0.05, 0.1) is 0 Å². The van der Waals surface area contributed by atoms with Gasteiger partial charge in [0.25, 0.3) is 0 Å². The molecule has 2 atom stereocenters. The van der Waals surface area contributed by atoms with Crippen molar-refractivity contribution in [2.45, 2.75) is 12.5 Å². The van der Waals surface area contributed by atoms with Crippen LogP contribution in [0.4, 0.5) is 16.2 Å². The van der Waals surface area contributed by atoms with Gasteiger partial charge in [0, 0.05) is 44.0 Å². The zero-order valence-corrected chi connectivity index (χ0v) is 11.8. The smallest absolute Gasteiger partial charge is 0.319 e. The van der Waals surface area contributed by atoms with Gasteiger partial charge in [0.15, 0.2) is 0 Å². The van der Waals surface area contributed by atoms with Gasteiger partial charge in [0.1, 0.15) is 0 Å². The van der Waals surface area contributed by atoms with Crippen molar-refractivity contribution in [3.63, 3.8) is 0 Å². The Balaban J connectivity index is 1.84. The molecule has 0 saturated heterocycles. The molecule has 1 aromatic rings. The number of nitrogens with zero attached hydrogens (tertiary/aromatic N) is 1. The van der Waals surface area contributed by atoms with Crippen LogP contribution in [0, 0.1) is 5.92 Å². The summed E-state index contributed by atoms with van der Waals surface area (Å²) in [5.74, 6) is 0.152. The summed E-state index contributed by atoms with van der Waals surface area (Å²) in [6.07, 6.45) is 4.62. The highest BCUT2D eigenvalue weighted by atomic mass is 16.3. The SMILES string of the molecule is CN(C)c1ccc(NC(=O)N[C@@H]2C=C[C@H](CO)C2)cc1. The molecule has 0 heterocycles. The Morgan fingerprint density at radius 1 is 1.30 bits per heavy atom. The third-order valence-electron chi connectivity index (χ3n) is 3.36. The van der Waals surface area contributed by atoms with Crippen LogP contribution in [0.25, 0.3) is 0 Å². The van der Waals surface area contributed by atoms with Gasteiger partial charge in [0.2, 0.25) is 0 Å². The molecule has 0 bridgehead atoms. The van der Waals surface area contributed by atoms with E-state index in [2.05, 4.69) is 10.6 Å². The minimum Gasteiger partial charge on any atom is -0.396 e. The zero-order valence-electron chi connectivity index (χ0n) is 11.8. The molecular weight excluding hydrogens is 254 g/mol. The van der Waals surface area contributed by atoms with Crippen LogP contribution in [0.2, 0.25) is 0 Å². The third-order valence-corrected chi connectivity index (χ3v) is 3.36. The van der Waals surface area contributed by atoms with E-state index in [-0.39, 0.29) is 24.6 Å². The van der Waals surface area contributed by atoms with Crippen molar-refractivity contribution in [2.24, 2.45) is 5.92 Å². The molecule has 1 aromatic carbocycles. The summed E-state index contributed by atoms with van der Waals surface area (Å²) in [5, 5.41) is 14.7. The first-order valence-electron chi connectivity index (χ1n) is 6.72. The van der Waals surface area contributed by atoms with Crippen LogP contribution in [0.5, 0.6) is 0 Å². The Hall–Kier alpha value is -2.01. The van der Waals surface area contributed by atoms with E-state index in [0.717, 1.165) is 17.8 Å². The van der Waals surface area contributed by atoms with Gasteiger partial charge >= 0.3 is 6.03 Å². The molecule has 2 rings (SSSR count). The van der Waals surface area contributed by atoms with Gasteiger partial charge in [-0.15, -0.1) is 0 Å². The maximum absolute atomic E-state index is 11.9. The molecule has 2 amide bonds. The van der Waals surface area contributed by atoms with Crippen LogP contribution >= 0.6 is 0 Å². The summed E-state index contributed by atoms with van der Waals surface area (Å²) in [4.78, 5) is 13.9. The van der Waals surface area contributed by atoms with Gasteiger partial charge in [-0.2, -0.15) is 0 Å². The Morgan fingerprint density at radius 3 is 2.55 bits per heavy atom. The average molecular weight is 275 g/mol. The van der Waals surface area contributed by atoms with E-state index in [4.69, 9.17) is 5.11 Å². The quantitative estimate of drug-likeness (QED) is 0.734. The number of carbonyl (C=O) groups is 1. The summed E-state index contributed by atoms with van der Waals surface area (Å²) < 4.78 is 0. The first-order chi connectivity index (χ1) is 9.58. The van der Waals surface area contributed by atoms with E-state index < -0.39 is 0 Å². The van der Waals surface area contributed by atoms with E-state index in [9.17, 15) is 4.79 Å². The summed E-state index contributed by atoms with van der Waals surface area (Å²) >= 11 is 0. The van der Waals surface area contributed by atoms with E-state index in [1.54, 1.807) is 0 Å². The molecule has 0 unspecified atom stereocenters. The Morgan fingerprint density at radius 2 is 2.00 bits per heavy atom. The van der Waals surface area contributed by atoms with Gasteiger partial charge in [-0.3, -0.25) is 0 Å². The molecule has 0 saturated carbocycles. The van der Waals surface area contributed by atoms with Crippen molar-refractivity contribution in [1.29, 1.82) is 0 Å². The van der Waals surface area contributed by atoms with E-state index >= 15 is 0 Å². The van der Waals surface area contributed by atoms with Gasteiger partial charge in [-0.1, -0.05) is 12.2 Å². The predicted octanol–water partition coefficient (Wildman–Crippen LogP) is 1.81. The second-order valence-corrected chi connectivity index (χ2v) is 5.21. The number of aliphatic hydroxyl groups is 1. The number of aliphatic hydroxyl groups excluding tert-OH is 1. The monoisotopic (exact) mass is 275 g/mol. The molecule has 5 heteroatoms. The Bertz CT molecular complexity index is 482. The van der Waals surface area contributed by atoms with Crippen molar-refractivity contribution >= 4 is 17.4 Å². The lowest BCUT2D eigenvalue weighted by molar-refractivity contribution is 0.238. The third kappa shape index (κ3) is 3.74. The van der Waals surface area contributed by atoms with E-state index in [1.807, 2.05) is 55.4 Å². The molecule has 0 aliphatic heterocycles. The van der Waals surface area contributed by atoms with Crippen LogP contribution < -0.4 is 15.5 Å². The topological polar surface area (TPSA) is 64.6 Å². The summed E-state index contributed by atoms with van der Waals surface area (Å²) in [7, 11) is 3.94. The standard InChI is InChI=1S/C15H21N3O2/c1-18(2)14-7-5-12(6-8-14)16-15(20)17-13-4-3-11(9-13)10-19/h3-8,11,13,19H,9-10H2,1-2H3,(H2,16,17,20)/t11-,13+/m0/s1. The lowest BCUT2D eigenvalue weighted by Crippen LogP contribution is -2.36. The molecule has 5 nitrogen and oxygen atoms in total. The summed E-state index contributed by atoms with van der Waals surface area (Å²) in [6.45, 7) is 0.127. The molecule has 0 aromatic heterocycles. The Labute approximate surface area is 119 Å². The highest BCUT2D eigenvalue weighted by Gasteiger charge is 2.19. The number of rotatable bonds is 4. The average Bonchev–Trinajstić information content (AvgIpc) is 2.86. The number of benzene rings is 1. The minimum absolute atomic E-state index is 0.00630. The van der Waals surface area contributed by atoms with Crippen LogP contribution in [-0.2, 0) is 0 Å². The molecule has 1 aliphatic rings. The lowest BCUT2D eigenvalue weighted by Gasteiger charge is -2.15. The highest BCUT2D eigenvalue weighted by molar-refractivity contribution is 5.89. The van der Waals surface area contributed by atoms with Crippen molar-refractivity contribution in [1.82, 2.24) is 5.32 Å². The van der Waals surface area contributed by atoms with Gasteiger partial charge in [-0.05, 0) is 30.7 Å². The number of carbonyl (C=O) groups excluding carboxylic acids is 1. The number of anilines is 2. The van der Waals surface area contributed by atoms with Crippen LogP contribution in [0.1, 0.15) is 6.42 Å². The molecule has 1 aliphatic carbocycles. The second-order valence-electron chi connectivity index (χ2n) is 5.21. The van der Waals surface area contributed by atoms with E-state index in [0.29, 0.717) is 0 Å². The van der Waals surface area contributed by atoms with Gasteiger partial charge < -0.3 is 20.6 Å². The second kappa shape index (κ2) is 6.43.